The first-order valence-electron chi connectivity index (χ1n) is 9.22. The molecule has 4 rings (SSSR count). The van der Waals surface area contributed by atoms with Crippen LogP contribution >= 0.6 is 0 Å². The van der Waals surface area contributed by atoms with Crippen LogP contribution in [0.5, 0.6) is 0 Å². The van der Waals surface area contributed by atoms with Crippen LogP contribution in [0.25, 0.3) is 22.2 Å². The highest BCUT2D eigenvalue weighted by Gasteiger charge is 2.22. The van der Waals surface area contributed by atoms with Crippen LogP contribution in [0.4, 0.5) is 5.82 Å². The highest BCUT2D eigenvalue weighted by molar-refractivity contribution is 5.94. The number of amides is 1. The molecule has 1 aromatic carbocycles. The van der Waals surface area contributed by atoms with Crippen molar-refractivity contribution in [3.8, 4) is 11.3 Å². The maximum absolute atomic E-state index is 12.6. The number of carbonyl (C=O) groups excluding carboxylic acids is 1. The number of nitrogens with one attached hydrogen (secondary N) is 1. The Balaban J connectivity index is 1.54. The quantitative estimate of drug-likeness (QED) is 0.771. The second-order valence-electron chi connectivity index (χ2n) is 7.01. The molecule has 2 aromatic heterocycles. The second kappa shape index (κ2) is 7.75. The number of benzene rings is 1. The van der Waals surface area contributed by atoms with Crippen LogP contribution in [0, 0.1) is 5.92 Å². The molecule has 0 saturated carbocycles. The number of anilines is 1. The van der Waals surface area contributed by atoms with Gasteiger partial charge in [-0.1, -0.05) is 6.07 Å². The van der Waals surface area contributed by atoms with Crippen molar-refractivity contribution >= 4 is 22.6 Å². The molecule has 0 spiro atoms. The molecule has 1 atom stereocenters. The molecule has 1 fully saturated rings. The van der Waals surface area contributed by atoms with E-state index in [1.54, 1.807) is 18.6 Å². The highest BCUT2D eigenvalue weighted by Crippen LogP contribution is 2.23. The molecular weight excluding hydrogens is 340 g/mol. The molecule has 0 bridgehead atoms. The molecule has 1 aliphatic heterocycles. The smallest absolute Gasteiger partial charge is 0.228 e. The molecular formula is C20H22N6O. The summed E-state index contributed by atoms with van der Waals surface area (Å²) in [5, 5.41) is 12.3. The van der Waals surface area contributed by atoms with E-state index >= 15 is 0 Å². The van der Waals surface area contributed by atoms with Crippen molar-refractivity contribution in [2.75, 3.05) is 25.5 Å². The van der Waals surface area contributed by atoms with E-state index in [2.05, 4.69) is 37.4 Å². The Morgan fingerprint density at radius 2 is 2.07 bits per heavy atom. The third kappa shape index (κ3) is 4.09. The summed E-state index contributed by atoms with van der Waals surface area (Å²) in [6.07, 6.45) is 7.87. The third-order valence-corrected chi connectivity index (χ3v) is 5.02. The Bertz CT molecular complexity index is 946. The third-order valence-electron chi connectivity index (χ3n) is 5.02. The Morgan fingerprint density at radius 1 is 1.15 bits per heavy atom. The fourth-order valence-electron chi connectivity index (χ4n) is 3.44. The lowest BCUT2D eigenvalue weighted by Crippen LogP contribution is -2.25. The number of hydrogen-bond donors (Lipinski definition) is 1. The van der Waals surface area contributed by atoms with E-state index in [9.17, 15) is 4.79 Å². The fourth-order valence-corrected chi connectivity index (χ4v) is 3.44. The topological polar surface area (TPSA) is 83.9 Å². The number of carbonyl (C=O) groups is 1. The van der Waals surface area contributed by atoms with Gasteiger partial charge >= 0.3 is 0 Å². The van der Waals surface area contributed by atoms with Crippen molar-refractivity contribution < 1.29 is 4.79 Å². The van der Waals surface area contributed by atoms with Crippen LogP contribution in [0.3, 0.4) is 0 Å². The number of hydrogen-bond acceptors (Lipinski definition) is 6. The minimum absolute atomic E-state index is 0.0263. The van der Waals surface area contributed by atoms with E-state index in [4.69, 9.17) is 0 Å². The summed E-state index contributed by atoms with van der Waals surface area (Å²) < 4.78 is 0. The highest BCUT2D eigenvalue weighted by atomic mass is 16.1. The maximum atomic E-state index is 12.6. The van der Waals surface area contributed by atoms with Gasteiger partial charge in [-0.25, -0.2) is 0 Å². The minimum atomic E-state index is 0.0263. The number of fused-ring (bicyclic) bond motifs is 1. The van der Waals surface area contributed by atoms with Gasteiger partial charge in [-0.05, 0) is 57.6 Å². The normalized spacial score (nSPS) is 18.2. The number of rotatable bonds is 3. The lowest BCUT2D eigenvalue weighted by atomic mass is 10.00. The summed E-state index contributed by atoms with van der Waals surface area (Å²) >= 11 is 0. The Hall–Kier alpha value is -2.93. The Kier molecular flexibility index (Phi) is 5.02. The summed E-state index contributed by atoms with van der Waals surface area (Å²) in [5.74, 6) is 0.545. The van der Waals surface area contributed by atoms with Crippen LogP contribution in [0.15, 0.2) is 42.9 Å². The van der Waals surface area contributed by atoms with E-state index in [1.165, 1.54) is 0 Å². The number of likely N-dealkylation sites (tertiary alicyclic amines) is 1. The largest absolute Gasteiger partial charge is 0.309 e. The second-order valence-corrected chi connectivity index (χ2v) is 7.01. The van der Waals surface area contributed by atoms with Gasteiger partial charge in [0.15, 0.2) is 5.82 Å². The van der Waals surface area contributed by atoms with E-state index < -0.39 is 0 Å². The van der Waals surface area contributed by atoms with Crippen LogP contribution in [-0.4, -0.2) is 51.1 Å². The molecule has 27 heavy (non-hydrogen) atoms. The summed E-state index contributed by atoms with van der Waals surface area (Å²) in [6.45, 7) is 1.99. The Morgan fingerprint density at radius 3 is 2.93 bits per heavy atom. The molecule has 0 aliphatic carbocycles. The van der Waals surface area contributed by atoms with Crippen LogP contribution in [0.2, 0.25) is 0 Å². The van der Waals surface area contributed by atoms with Gasteiger partial charge in [-0.2, -0.15) is 0 Å². The SMILES string of the molecule is CN1CCCC(C(=O)Nc2cc3cc(-c4cnccn4)ccc3nn2)CC1. The summed E-state index contributed by atoms with van der Waals surface area (Å²) in [7, 11) is 2.10. The molecule has 138 valence electrons. The first-order chi connectivity index (χ1) is 13.2. The van der Waals surface area contributed by atoms with E-state index in [-0.39, 0.29) is 11.8 Å². The summed E-state index contributed by atoms with van der Waals surface area (Å²) in [5.41, 5.74) is 2.52. The van der Waals surface area contributed by atoms with Crippen LogP contribution < -0.4 is 5.32 Å². The van der Waals surface area contributed by atoms with E-state index in [0.29, 0.717) is 5.82 Å². The van der Waals surface area contributed by atoms with Gasteiger partial charge in [-0.3, -0.25) is 14.8 Å². The maximum Gasteiger partial charge on any atom is 0.228 e. The van der Waals surface area contributed by atoms with Gasteiger partial charge in [0.2, 0.25) is 5.91 Å². The Labute approximate surface area is 157 Å². The molecule has 3 aromatic rings. The number of aromatic nitrogens is 4. The van der Waals surface area contributed by atoms with Crippen molar-refractivity contribution in [2.24, 2.45) is 5.92 Å². The van der Waals surface area contributed by atoms with Crippen molar-refractivity contribution in [3.63, 3.8) is 0 Å². The number of nitrogens with zero attached hydrogens (tertiary/aromatic N) is 5. The molecule has 0 radical (unpaired) electrons. The molecule has 7 nitrogen and oxygen atoms in total. The van der Waals surface area contributed by atoms with Gasteiger partial charge in [-0.15, -0.1) is 10.2 Å². The van der Waals surface area contributed by atoms with Gasteiger partial charge < -0.3 is 10.2 Å². The predicted octanol–water partition coefficient (Wildman–Crippen LogP) is 2.76. The van der Waals surface area contributed by atoms with Gasteiger partial charge in [0.25, 0.3) is 0 Å². The zero-order valence-electron chi connectivity index (χ0n) is 15.3. The predicted molar refractivity (Wildman–Crippen MR) is 104 cm³/mol. The first kappa shape index (κ1) is 17.5. The van der Waals surface area contributed by atoms with Gasteiger partial charge in [0, 0.05) is 29.3 Å². The van der Waals surface area contributed by atoms with E-state index in [0.717, 1.165) is 54.5 Å². The average Bonchev–Trinajstić information content (AvgIpc) is 2.92. The van der Waals surface area contributed by atoms with Crippen molar-refractivity contribution in [2.45, 2.75) is 19.3 Å². The van der Waals surface area contributed by atoms with Gasteiger partial charge in [0.1, 0.15) is 0 Å². The van der Waals surface area contributed by atoms with Crippen molar-refractivity contribution in [3.05, 3.63) is 42.9 Å². The lowest BCUT2D eigenvalue weighted by Gasteiger charge is -2.14. The molecule has 1 amide bonds. The zero-order chi connectivity index (χ0) is 18.6. The molecule has 1 N–H and O–H groups in total. The minimum Gasteiger partial charge on any atom is -0.309 e. The molecule has 7 heteroatoms. The van der Waals surface area contributed by atoms with E-state index in [1.807, 2.05) is 24.3 Å². The molecule has 1 saturated heterocycles. The first-order valence-corrected chi connectivity index (χ1v) is 9.22. The lowest BCUT2D eigenvalue weighted by molar-refractivity contribution is -0.120. The van der Waals surface area contributed by atoms with Crippen molar-refractivity contribution in [1.29, 1.82) is 0 Å². The van der Waals surface area contributed by atoms with Crippen molar-refractivity contribution in [1.82, 2.24) is 25.1 Å². The monoisotopic (exact) mass is 362 g/mol. The molecule has 3 heterocycles. The zero-order valence-corrected chi connectivity index (χ0v) is 15.3. The molecule has 1 unspecified atom stereocenters. The van der Waals surface area contributed by atoms with Crippen LogP contribution in [0.1, 0.15) is 19.3 Å². The summed E-state index contributed by atoms with van der Waals surface area (Å²) in [4.78, 5) is 23.4. The summed E-state index contributed by atoms with van der Waals surface area (Å²) in [6, 6.07) is 7.70. The van der Waals surface area contributed by atoms with Crippen LogP contribution in [-0.2, 0) is 4.79 Å². The fraction of sp³-hybridized carbons (Fsp3) is 0.350. The molecule has 1 aliphatic rings. The average molecular weight is 362 g/mol. The van der Waals surface area contributed by atoms with Gasteiger partial charge in [0.05, 0.1) is 17.4 Å². The standard InChI is InChI=1S/C20H22N6O/c1-26-9-2-3-14(6-10-26)20(27)23-19-12-16-11-15(4-5-17(16)24-25-19)18-13-21-7-8-22-18/h4-5,7-8,11-14H,2-3,6,9-10H2,1H3,(H,23,25,27).